The molecule has 2 heterocycles. The van der Waals surface area contributed by atoms with Gasteiger partial charge in [0.1, 0.15) is 5.75 Å². The first kappa shape index (κ1) is 24.3. The number of carbonyl (C=O) groups excluding carboxylic acids is 3. The standard InChI is InChI=1S/C25H27N5O4S/c1-16(17-6-4-3-5-7-17)26-21(31)18-12-14-30(15-13-18)25(33)24-29-28-23(35-24)22(32)27-19-8-10-20(34-2)11-9-19/h3-11,16,18H,12-15H2,1-2H3,(H,26,31)(H,27,32). The van der Waals surface area contributed by atoms with Gasteiger partial charge >= 0.3 is 0 Å². The van der Waals surface area contributed by atoms with Gasteiger partial charge in [-0.25, -0.2) is 0 Å². The number of piperidine rings is 1. The highest BCUT2D eigenvalue weighted by molar-refractivity contribution is 7.15. The van der Waals surface area contributed by atoms with Crippen molar-refractivity contribution in [2.24, 2.45) is 5.92 Å². The van der Waals surface area contributed by atoms with Gasteiger partial charge in [0.2, 0.25) is 15.9 Å². The molecule has 182 valence electrons. The fourth-order valence-electron chi connectivity index (χ4n) is 3.90. The largest absolute Gasteiger partial charge is 0.497 e. The van der Waals surface area contributed by atoms with Crippen molar-refractivity contribution >= 4 is 34.7 Å². The molecule has 0 spiro atoms. The number of nitrogens with zero attached hydrogens (tertiary/aromatic N) is 3. The zero-order valence-corrected chi connectivity index (χ0v) is 20.4. The summed E-state index contributed by atoms with van der Waals surface area (Å²) in [5.74, 6) is -0.178. The smallest absolute Gasteiger partial charge is 0.286 e. The van der Waals surface area contributed by atoms with Crippen molar-refractivity contribution in [2.75, 3.05) is 25.5 Å². The Balaban J connectivity index is 1.28. The summed E-state index contributed by atoms with van der Waals surface area (Å²) < 4.78 is 5.10. The minimum atomic E-state index is -0.436. The summed E-state index contributed by atoms with van der Waals surface area (Å²) in [4.78, 5) is 39.7. The molecule has 0 radical (unpaired) electrons. The van der Waals surface area contributed by atoms with Crippen LogP contribution < -0.4 is 15.4 Å². The van der Waals surface area contributed by atoms with Gasteiger partial charge in [-0.05, 0) is 49.6 Å². The number of ether oxygens (including phenoxy) is 1. The van der Waals surface area contributed by atoms with Gasteiger partial charge in [-0.2, -0.15) is 0 Å². The predicted octanol–water partition coefficient (Wildman–Crippen LogP) is 3.53. The zero-order valence-electron chi connectivity index (χ0n) is 19.6. The third-order valence-electron chi connectivity index (χ3n) is 5.96. The van der Waals surface area contributed by atoms with Gasteiger partial charge in [-0.1, -0.05) is 41.7 Å². The number of anilines is 1. The molecule has 0 saturated carbocycles. The Morgan fingerprint density at radius 3 is 2.31 bits per heavy atom. The minimum Gasteiger partial charge on any atom is -0.497 e. The van der Waals surface area contributed by atoms with E-state index in [0.717, 1.165) is 16.9 Å². The number of aromatic nitrogens is 2. The summed E-state index contributed by atoms with van der Waals surface area (Å²) in [6.07, 6.45) is 1.14. The lowest BCUT2D eigenvalue weighted by molar-refractivity contribution is -0.127. The maximum Gasteiger partial charge on any atom is 0.286 e. The van der Waals surface area contributed by atoms with Crippen molar-refractivity contribution < 1.29 is 19.1 Å². The maximum atomic E-state index is 12.9. The molecule has 4 rings (SSSR count). The van der Waals surface area contributed by atoms with E-state index in [1.54, 1.807) is 36.3 Å². The number of hydrogen-bond acceptors (Lipinski definition) is 7. The van der Waals surface area contributed by atoms with Crippen molar-refractivity contribution in [3.05, 3.63) is 70.2 Å². The van der Waals surface area contributed by atoms with E-state index >= 15 is 0 Å². The van der Waals surface area contributed by atoms with Crippen LogP contribution in [0.2, 0.25) is 0 Å². The van der Waals surface area contributed by atoms with Gasteiger partial charge < -0.3 is 20.3 Å². The molecule has 3 aromatic rings. The first-order valence-electron chi connectivity index (χ1n) is 11.4. The van der Waals surface area contributed by atoms with E-state index in [-0.39, 0.29) is 33.8 Å². The molecule has 1 aliphatic heterocycles. The highest BCUT2D eigenvalue weighted by atomic mass is 32.1. The van der Waals surface area contributed by atoms with E-state index in [0.29, 0.717) is 37.4 Å². The van der Waals surface area contributed by atoms with Crippen molar-refractivity contribution in [1.82, 2.24) is 20.4 Å². The number of likely N-dealkylation sites (tertiary alicyclic amines) is 1. The van der Waals surface area contributed by atoms with Crippen molar-refractivity contribution in [2.45, 2.75) is 25.8 Å². The van der Waals surface area contributed by atoms with Gasteiger partial charge in [-0.3, -0.25) is 14.4 Å². The Bertz CT molecular complexity index is 1170. The fourth-order valence-corrected chi connectivity index (χ4v) is 4.60. The lowest BCUT2D eigenvalue weighted by Crippen LogP contribution is -2.43. The second-order valence-electron chi connectivity index (χ2n) is 8.30. The van der Waals surface area contributed by atoms with Crippen LogP contribution in [0.4, 0.5) is 5.69 Å². The lowest BCUT2D eigenvalue weighted by atomic mass is 9.95. The molecule has 1 unspecified atom stereocenters. The molecule has 1 saturated heterocycles. The lowest BCUT2D eigenvalue weighted by Gasteiger charge is -2.31. The molecule has 9 nitrogen and oxygen atoms in total. The molecule has 3 amide bonds. The molecule has 1 atom stereocenters. The molecule has 2 N–H and O–H groups in total. The summed E-state index contributed by atoms with van der Waals surface area (Å²) in [6.45, 7) is 2.86. The molecule has 10 heteroatoms. The molecule has 35 heavy (non-hydrogen) atoms. The fraction of sp³-hybridized carbons (Fsp3) is 0.320. The van der Waals surface area contributed by atoms with E-state index in [4.69, 9.17) is 4.74 Å². The molecule has 2 aromatic carbocycles. The number of hydrogen-bond donors (Lipinski definition) is 2. The maximum absolute atomic E-state index is 12.9. The van der Waals surface area contributed by atoms with E-state index < -0.39 is 5.91 Å². The van der Waals surface area contributed by atoms with Crippen molar-refractivity contribution in [1.29, 1.82) is 0 Å². The number of nitrogens with one attached hydrogen (secondary N) is 2. The third-order valence-corrected chi connectivity index (χ3v) is 6.87. The zero-order chi connectivity index (χ0) is 24.8. The van der Waals surface area contributed by atoms with E-state index in [1.165, 1.54) is 0 Å². The van der Waals surface area contributed by atoms with Gasteiger partial charge in [0, 0.05) is 24.7 Å². The van der Waals surface area contributed by atoms with Crippen LogP contribution >= 0.6 is 11.3 Å². The summed E-state index contributed by atoms with van der Waals surface area (Å²) >= 11 is 0.953. The van der Waals surface area contributed by atoms with Crippen LogP contribution in [-0.2, 0) is 4.79 Å². The number of carbonyl (C=O) groups is 3. The van der Waals surface area contributed by atoms with Crippen molar-refractivity contribution in [3.8, 4) is 5.75 Å². The van der Waals surface area contributed by atoms with E-state index in [9.17, 15) is 14.4 Å². The van der Waals surface area contributed by atoms with Gasteiger partial charge in [0.05, 0.1) is 13.2 Å². The highest BCUT2D eigenvalue weighted by Gasteiger charge is 2.30. The number of rotatable bonds is 7. The number of amides is 3. The van der Waals surface area contributed by atoms with E-state index in [2.05, 4.69) is 20.8 Å². The quantitative estimate of drug-likeness (QED) is 0.521. The molecular formula is C25H27N5O4S. The SMILES string of the molecule is COc1ccc(NC(=O)c2nnc(C(=O)N3CCC(C(=O)NC(C)c4ccccc4)CC3)s2)cc1. The van der Waals surface area contributed by atoms with Crippen molar-refractivity contribution in [3.63, 3.8) is 0 Å². The molecule has 1 fully saturated rings. The summed E-state index contributed by atoms with van der Waals surface area (Å²) in [5, 5.41) is 13.9. The summed E-state index contributed by atoms with van der Waals surface area (Å²) in [5.41, 5.74) is 1.64. The van der Waals surface area contributed by atoms with Crippen LogP contribution in [-0.4, -0.2) is 53.0 Å². The monoisotopic (exact) mass is 493 g/mol. The van der Waals surface area contributed by atoms with Crippen LogP contribution in [0.5, 0.6) is 5.75 Å². The minimum absolute atomic E-state index is 0.00172. The van der Waals surface area contributed by atoms with Crippen LogP contribution in [0.25, 0.3) is 0 Å². The average molecular weight is 494 g/mol. The topological polar surface area (TPSA) is 114 Å². The van der Waals surface area contributed by atoms with Crippen LogP contribution in [0, 0.1) is 5.92 Å². The Morgan fingerprint density at radius 2 is 1.66 bits per heavy atom. The Labute approximate surface area is 207 Å². The Hall–Kier alpha value is -3.79. The van der Waals surface area contributed by atoms with Crippen LogP contribution in [0.3, 0.4) is 0 Å². The first-order chi connectivity index (χ1) is 16.9. The molecular weight excluding hydrogens is 466 g/mol. The molecule has 1 aromatic heterocycles. The van der Waals surface area contributed by atoms with Gasteiger partial charge in [0.15, 0.2) is 0 Å². The average Bonchev–Trinajstić information content (AvgIpc) is 3.40. The summed E-state index contributed by atoms with van der Waals surface area (Å²) in [7, 11) is 1.57. The Morgan fingerprint density at radius 1 is 1.00 bits per heavy atom. The molecule has 0 aliphatic carbocycles. The van der Waals surface area contributed by atoms with Crippen LogP contribution in [0.1, 0.15) is 51.0 Å². The van der Waals surface area contributed by atoms with Gasteiger partial charge in [0.25, 0.3) is 11.8 Å². The second kappa shape index (κ2) is 11.1. The normalized spacial score (nSPS) is 14.7. The first-order valence-corrected chi connectivity index (χ1v) is 12.2. The second-order valence-corrected chi connectivity index (χ2v) is 9.28. The molecule has 0 bridgehead atoms. The summed E-state index contributed by atoms with van der Waals surface area (Å²) in [6, 6.07) is 16.6. The number of methoxy groups -OCH3 is 1. The highest BCUT2D eigenvalue weighted by Crippen LogP contribution is 2.23. The van der Waals surface area contributed by atoms with E-state index in [1.807, 2.05) is 37.3 Å². The van der Waals surface area contributed by atoms with Gasteiger partial charge in [-0.15, -0.1) is 10.2 Å². The molecule has 1 aliphatic rings. The predicted molar refractivity (Wildman–Crippen MR) is 132 cm³/mol. The third kappa shape index (κ3) is 6.02. The van der Waals surface area contributed by atoms with Crippen LogP contribution in [0.15, 0.2) is 54.6 Å². The number of benzene rings is 2. The Kier molecular flexibility index (Phi) is 7.71.